The number of likely N-dealkylation sites (N-methyl/N-ethyl adjacent to an activating group) is 1. The van der Waals surface area contributed by atoms with Gasteiger partial charge in [0, 0.05) is 31.2 Å². The van der Waals surface area contributed by atoms with E-state index in [1.807, 2.05) is 31.3 Å². The normalized spacial score (nSPS) is 15.6. The van der Waals surface area contributed by atoms with Crippen LogP contribution >= 0.6 is 0 Å². The fourth-order valence-electron chi connectivity index (χ4n) is 2.23. The zero-order valence-corrected chi connectivity index (χ0v) is 10.7. The number of rotatable bonds is 5. The maximum atomic E-state index is 12.3. The molecule has 4 heteroatoms. The highest BCUT2D eigenvalue weighted by Crippen LogP contribution is 2.20. The molecule has 0 unspecified atom stereocenters. The molecule has 1 aliphatic heterocycles. The Kier molecular flexibility index (Phi) is 4.33. The zero-order valence-electron chi connectivity index (χ0n) is 10.7. The molecule has 1 heterocycles. The second-order valence-electron chi connectivity index (χ2n) is 4.77. The summed E-state index contributed by atoms with van der Waals surface area (Å²) in [6.45, 7) is 2.39. The summed E-state index contributed by atoms with van der Waals surface area (Å²) < 4.78 is 0. The number of carbonyl (C=O) groups excluding carboxylic acids is 1. The number of hydrogen-bond acceptors (Lipinski definition) is 3. The highest BCUT2D eigenvalue weighted by Gasteiger charge is 2.31. The minimum Gasteiger partial charge on any atom is -0.396 e. The molecule has 2 N–H and O–H groups in total. The SMILES string of the molecule is CNCCc1ccccc1C(=O)N1CC(CO)C1. The molecule has 1 fully saturated rings. The molecule has 4 nitrogen and oxygen atoms in total. The van der Waals surface area contributed by atoms with Gasteiger partial charge in [0.1, 0.15) is 0 Å². The summed E-state index contributed by atoms with van der Waals surface area (Å²) in [5.74, 6) is 0.352. The third-order valence-corrected chi connectivity index (χ3v) is 3.39. The van der Waals surface area contributed by atoms with Crippen LogP contribution in [0.3, 0.4) is 0 Å². The van der Waals surface area contributed by atoms with Crippen molar-refractivity contribution in [1.82, 2.24) is 10.2 Å². The Morgan fingerprint density at radius 2 is 2.17 bits per heavy atom. The van der Waals surface area contributed by atoms with Gasteiger partial charge in [-0.1, -0.05) is 18.2 Å². The fourth-order valence-corrected chi connectivity index (χ4v) is 2.23. The van der Waals surface area contributed by atoms with Crippen molar-refractivity contribution in [2.24, 2.45) is 5.92 Å². The van der Waals surface area contributed by atoms with Gasteiger partial charge in [-0.15, -0.1) is 0 Å². The fraction of sp³-hybridized carbons (Fsp3) is 0.500. The van der Waals surface area contributed by atoms with E-state index >= 15 is 0 Å². The topological polar surface area (TPSA) is 52.6 Å². The van der Waals surface area contributed by atoms with Crippen molar-refractivity contribution in [3.63, 3.8) is 0 Å². The van der Waals surface area contributed by atoms with Gasteiger partial charge < -0.3 is 15.3 Å². The van der Waals surface area contributed by atoms with Crippen LogP contribution in [0.4, 0.5) is 0 Å². The number of nitrogens with zero attached hydrogens (tertiary/aromatic N) is 1. The van der Waals surface area contributed by atoms with Gasteiger partial charge in [0.15, 0.2) is 0 Å². The first kappa shape index (κ1) is 13.1. The second kappa shape index (κ2) is 5.98. The van der Waals surface area contributed by atoms with Crippen molar-refractivity contribution in [3.05, 3.63) is 35.4 Å². The smallest absolute Gasteiger partial charge is 0.254 e. The first-order chi connectivity index (χ1) is 8.76. The van der Waals surface area contributed by atoms with Gasteiger partial charge in [-0.2, -0.15) is 0 Å². The summed E-state index contributed by atoms with van der Waals surface area (Å²) in [5.41, 5.74) is 1.88. The van der Waals surface area contributed by atoms with Gasteiger partial charge in [0.05, 0.1) is 0 Å². The summed E-state index contributed by atoms with van der Waals surface area (Å²) >= 11 is 0. The van der Waals surface area contributed by atoms with Gasteiger partial charge in [0.25, 0.3) is 5.91 Å². The van der Waals surface area contributed by atoms with Crippen molar-refractivity contribution in [3.8, 4) is 0 Å². The Morgan fingerprint density at radius 1 is 1.44 bits per heavy atom. The molecule has 18 heavy (non-hydrogen) atoms. The van der Waals surface area contributed by atoms with E-state index in [-0.39, 0.29) is 18.4 Å². The minimum atomic E-state index is 0.0893. The summed E-state index contributed by atoms with van der Waals surface area (Å²) in [4.78, 5) is 14.1. The van der Waals surface area contributed by atoms with E-state index in [9.17, 15) is 4.79 Å². The van der Waals surface area contributed by atoms with Gasteiger partial charge in [-0.25, -0.2) is 0 Å². The second-order valence-corrected chi connectivity index (χ2v) is 4.77. The molecule has 1 aliphatic rings. The van der Waals surface area contributed by atoms with Crippen LogP contribution in [-0.2, 0) is 6.42 Å². The Morgan fingerprint density at radius 3 is 2.83 bits per heavy atom. The average Bonchev–Trinajstić information content (AvgIpc) is 2.35. The number of amides is 1. The first-order valence-corrected chi connectivity index (χ1v) is 6.39. The van der Waals surface area contributed by atoms with Crippen LogP contribution in [0.15, 0.2) is 24.3 Å². The lowest BCUT2D eigenvalue weighted by Crippen LogP contribution is -2.51. The van der Waals surface area contributed by atoms with Crippen molar-refractivity contribution >= 4 is 5.91 Å². The number of benzene rings is 1. The number of aliphatic hydroxyl groups is 1. The van der Waals surface area contributed by atoms with E-state index in [4.69, 9.17) is 5.11 Å². The summed E-state index contributed by atoms with van der Waals surface area (Å²) in [6, 6.07) is 7.77. The van der Waals surface area contributed by atoms with Gasteiger partial charge >= 0.3 is 0 Å². The first-order valence-electron chi connectivity index (χ1n) is 6.39. The quantitative estimate of drug-likeness (QED) is 0.798. The number of carbonyl (C=O) groups is 1. The molecule has 0 bridgehead atoms. The van der Waals surface area contributed by atoms with E-state index < -0.39 is 0 Å². The molecular formula is C14H20N2O2. The van der Waals surface area contributed by atoms with Gasteiger partial charge in [-0.05, 0) is 31.6 Å². The molecule has 0 saturated carbocycles. The van der Waals surface area contributed by atoms with Crippen LogP contribution < -0.4 is 5.32 Å². The molecular weight excluding hydrogens is 228 g/mol. The Bertz CT molecular complexity index is 414. The number of aliphatic hydroxyl groups excluding tert-OH is 1. The molecule has 0 aromatic heterocycles. The maximum Gasteiger partial charge on any atom is 0.254 e. The van der Waals surface area contributed by atoms with E-state index in [1.165, 1.54) is 0 Å². The standard InChI is InChI=1S/C14H20N2O2/c1-15-7-6-12-4-2-3-5-13(12)14(18)16-8-11(9-16)10-17/h2-5,11,15,17H,6-10H2,1H3. The highest BCUT2D eigenvalue weighted by atomic mass is 16.3. The minimum absolute atomic E-state index is 0.0893. The predicted octanol–water partition coefficient (Wildman–Crippen LogP) is 0.513. The summed E-state index contributed by atoms with van der Waals surface area (Å²) in [5, 5.41) is 12.1. The van der Waals surface area contributed by atoms with Crippen molar-refractivity contribution in [2.45, 2.75) is 6.42 Å². The average molecular weight is 248 g/mol. The lowest BCUT2D eigenvalue weighted by Gasteiger charge is -2.38. The Hall–Kier alpha value is -1.39. The number of nitrogens with one attached hydrogen (secondary N) is 1. The molecule has 1 saturated heterocycles. The Balaban J connectivity index is 2.05. The van der Waals surface area contributed by atoms with Crippen LogP contribution in [0.2, 0.25) is 0 Å². The van der Waals surface area contributed by atoms with Crippen LogP contribution in [0.25, 0.3) is 0 Å². The summed E-state index contributed by atoms with van der Waals surface area (Å²) in [7, 11) is 1.91. The third kappa shape index (κ3) is 2.71. The van der Waals surface area contributed by atoms with E-state index in [2.05, 4.69) is 5.32 Å². The molecule has 1 aromatic carbocycles. The van der Waals surface area contributed by atoms with Crippen molar-refractivity contribution < 1.29 is 9.90 Å². The van der Waals surface area contributed by atoms with Gasteiger partial charge in [0.2, 0.25) is 0 Å². The molecule has 1 amide bonds. The number of likely N-dealkylation sites (tertiary alicyclic amines) is 1. The number of hydrogen-bond donors (Lipinski definition) is 2. The molecule has 0 spiro atoms. The lowest BCUT2D eigenvalue weighted by molar-refractivity contribution is 0.0361. The largest absolute Gasteiger partial charge is 0.396 e. The van der Waals surface area contributed by atoms with Crippen molar-refractivity contribution in [2.75, 3.05) is 33.3 Å². The highest BCUT2D eigenvalue weighted by molar-refractivity contribution is 5.96. The molecule has 0 aliphatic carbocycles. The van der Waals surface area contributed by atoms with E-state index in [0.717, 1.165) is 24.1 Å². The third-order valence-electron chi connectivity index (χ3n) is 3.39. The van der Waals surface area contributed by atoms with E-state index in [0.29, 0.717) is 13.1 Å². The molecule has 2 rings (SSSR count). The predicted molar refractivity (Wildman–Crippen MR) is 70.6 cm³/mol. The molecule has 1 aromatic rings. The Labute approximate surface area is 108 Å². The summed E-state index contributed by atoms with van der Waals surface area (Å²) in [6.07, 6.45) is 0.857. The van der Waals surface area contributed by atoms with E-state index in [1.54, 1.807) is 4.90 Å². The lowest BCUT2D eigenvalue weighted by atomic mass is 9.97. The molecule has 98 valence electrons. The monoisotopic (exact) mass is 248 g/mol. The van der Waals surface area contributed by atoms with Crippen LogP contribution in [0.5, 0.6) is 0 Å². The van der Waals surface area contributed by atoms with Crippen LogP contribution in [-0.4, -0.2) is 49.2 Å². The van der Waals surface area contributed by atoms with Crippen molar-refractivity contribution in [1.29, 1.82) is 0 Å². The van der Waals surface area contributed by atoms with Crippen LogP contribution in [0.1, 0.15) is 15.9 Å². The molecule has 0 radical (unpaired) electrons. The van der Waals surface area contributed by atoms with Gasteiger partial charge in [-0.3, -0.25) is 4.79 Å². The van der Waals surface area contributed by atoms with Crippen LogP contribution in [0, 0.1) is 5.92 Å². The maximum absolute atomic E-state index is 12.3. The molecule has 0 atom stereocenters. The zero-order chi connectivity index (χ0) is 13.0.